The third kappa shape index (κ3) is 6.88. The first-order valence-electron chi connectivity index (χ1n) is 8.79. The number of nitrogens with zero attached hydrogens (tertiary/aromatic N) is 3. The minimum Gasteiger partial charge on any atom is -0.272 e. The molecule has 2 aromatic carbocycles. The van der Waals surface area contributed by atoms with Crippen molar-refractivity contribution in [1.29, 1.82) is 0 Å². The molecule has 0 spiro atoms. The third-order valence-electron chi connectivity index (χ3n) is 3.65. The molecule has 0 aliphatic heterocycles. The first kappa shape index (κ1) is 21.4. The van der Waals surface area contributed by atoms with Gasteiger partial charge in [-0.1, -0.05) is 53.3 Å². The highest BCUT2D eigenvalue weighted by Crippen LogP contribution is 2.30. The van der Waals surface area contributed by atoms with Crippen molar-refractivity contribution in [2.45, 2.75) is 28.8 Å². The quantitative estimate of drug-likeness (QED) is 0.237. The van der Waals surface area contributed by atoms with E-state index in [1.165, 1.54) is 11.8 Å². The van der Waals surface area contributed by atoms with Gasteiger partial charge < -0.3 is 0 Å². The Bertz CT molecular complexity index is 1010. The molecule has 8 heteroatoms. The molecule has 0 bridgehead atoms. The van der Waals surface area contributed by atoms with E-state index in [1.807, 2.05) is 68.4 Å². The summed E-state index contributed by atoms with van der Waals surface area (Å²) in [7, 11) is 0. The fourth-order valence-electron chi connectivity index (χ4n) is 2.40. The van der Waals surface area contributed by atoms with Gasteiger partial charge in [-0.2, -0.15) is 5.10 Å². The lowest BCUT2D eigenvalue weighted by Crippen LogP contribution is -2.19. The largest absolute Gasteiger partial charge is 0.272 e. The molecule has 0 aliphatic carbocycles. The third-order valence-corrected chi connectivity index (χ3v) is 5.85. The summed E-state index contributed by atoms with van der Waals surface area (Å²) in [5, 5.41) is 5.39. The molecule has 1 N–H and O–H groups in total. The molecule has 148 valence electrons. The van der Waals surface area contributed by atoms with E-state index in [-0.39, 0.29) is 11.7 Å². The molecular formula is C21H19ClN4OS2. The topological polar surface area (TPSA) is 67.2 Å². The second kappa shape index (κ2) is 10.4. The molecule has 3 rings (SSSR count). The lowest BCUT2D eigenvalue weighted by atomic mass is 10.2. The fraction of sp³-hybridized carbons (Fsp3) is 0.143. The molecule has 0 atom stereocenters. The number of nitrogens with one attached hydrogen (secondary N) is 1. The lowest BCUT2D eigenvalue weighted by molar-refractivity contribution is -0.118. The maximum absolute atomic E-state index is 12.1. The number of hydrogen-bond acceptors (Lipinski definition) is 6. The van der Waals surface area contributed by atoms with Crippen LogP contribution >= 0.6 is 35.1 Å². The Balaban J connectivity index is 1.57. The predicted octanol–water partition coefficient (Wildman–Crippen LogP) is 5.14. The summed E-state index contributed by atoms with van der Waals surface area (Å²) >= 11 is 8.84. The number of thioether (sulfide) groups is 1. The van der Waals surface area contributed by atoms with Gasteiger partial charge in [0.05, 0.1) is 12.0 Å². The Labute approximate surface area is 183 Å². The normalized spacial score (nSPS) is 11.0. The summed E-state index contributed by atoms with van der Waals surface area (Å²) in [5.41, 5.74) is 5.24. The van der Waals surface area contributed by atoms with Gasteiger partial charge in [0.25, 0.3) is 5.91 Å². The molecule has 0 aliphatic rings. The van der Waals surface area contributed by atoms with Gasteiger partial charge in [-0.3, -0.25) is 4.79 Å². The van der Waals surface area contributed by atoms with Crippen molar-refractivity contribution in [2.24, 2.45) is 5.10 Å². The molecule has 0 saturated heterocycles. The van der Waals surface area contributed by atoms with Crippen LogP contribution in [0.1, 0.15) is 17.0 Å². The highest BCUT2D eigenvalue weighted by Gasteiger charge is 2.06. The first-order chi connectivity index (χ1) is 14.0. The number of rotatable bonds is 7. The molecule has 5 nitrogen and oxygen atoms in total. The summed E-state index contributed by atoms with van der Waals surface area (Å²) in [6.45, 7) is 3.81. The van der Waals surface area contributed by atoms with Crippen LogP contribution in [-0.2, 0) is 4.79 Å². The minimum absolute atomic E-state index is 0.196. The summed E-state index contributed by atoms with van der Waals surface area (Å²) in [6.07, 6.45) is 1.65. The van der Waals surface area contributed by atoms with Crippen molar-refractivity contribution in [3.05, 3.63) is 76.6 Å². The maximum atomic E-state index is 12.1. The predicted molar refractivity (Wildman–Crippen MR) is 120 cm³/mol. The van der Waals surface area contributed by atoms with Crippen LogP contribution < -0.4 is 5.43 Å². The van der Waals surface area contributed by atoms with Gasteiger partial charge in [-0.15, -0.1) is 0 Å². The van der Waals surface area contributed by atoms with Crippen LogP contribution in [0.25, 0.3) is 0 Å². The van der Waals surface area contributed by atoms with E-state index in [0.717, 1.165) is 26.7 Å². The van der Waals surface area contributed by atoms with E-state index in [4.69, 9.17) is 11.6 Å². The molecular weight excluding hydrogens is 424 g/mol. The van der Waals surface area contributed by atoms with Crippen molar-refractivity contribution >= 4 is 47.2 Å². The number of carbonyl (C=O) groups is 1. The Hall–Kier alpha value is -2.35. The molecule has 0 fully saturated rings. The molecule has 0 unspecified atom stereocenters. The smallest absolute Gasteiger partial charge is 0.250 e. The number of halogens is 1. The van der Waals surface area contributed by atoms with Gasteiger partial charge in [-0.05, 0) is 50.2 Å². The van der Waals surface area contributed by atoms with Gasteiger partial charge >= 0.3 is 0 Å². The molecule has 1 aromatic heterocycles. The van der Waals surface area contributed by atoms with Gasteiger partial charge in [0.15, 0.2) is 5.16 Å². The highest BCUT2D eigenvalue weighted by molar-refractivity contribution is 7.99. The molecule has 29 heavy (non-hydrogen) atoms. The Morgan fingerprint density at radius 3 is 2.52 bits per heavy atom. The zero-order chi connectivity index (χ0) is 20.6. The second-order valence-corrected chi connectivity index (χ2v) is 8.60. The standard InChI is InChI=1S/C21H19ClN4OS2/c1-14-11-15(2)25-21(24-14)28-13-20(27)26-23-12-16-5-3-4-6-19(16)29-18-9-7-17(22)8-10-18/h3-12H,13H2,1-2H3,(H,26,27)/b23-12+. The molecule has 3 aromatic rings. The van der Waals surface area contributed by atoms with Crippen LogP contribution in [0.2, 0.25) is 5.02 Å². The van der Waals surface area contributed by atoms with Crippen LogP contribution in [0.5, 0.6) is 0 Å². The number of benzene rings is 2. The summed E-state index contributed by atoms with van der Waals surface area (Å²) in [4.78, 5) is 22.8. The van der Waals surface area contributed by atoms with Crippen LogP contribution in [0.4, 0.5) is 0 Å². The number of hydrogen-bond donors (Lipinski definition) is 1. The van der Waals surface area contributed by atoms with Gasteiger partial charge in [0.2, 0.25) is 0 Å². The average Bonchev–Trinajstić information content (AvgIpc) is 2.69. The highest BCUT2D eigenvalue weighted by atomic mass is 35.5. The zero-order valence-electron chi connectivity index (χ0n) is 15.9. The van der Waals surface area contributed by atoms with Crippen molar-refractivity contribution < 1.29 is 4.79 Å². The second-order valence-electron chi connectivity index (χ2n) is 6.11. The monoisotopic (exact) mass is 442 g/mol. The van der Waals surface area contributed by atoms with E-state index in [1.54, 1.807) is 18.0 Å². The van der Waals surface area contributed by atoms with E-state index in [0.29, 0.717) is 10.2 Å². The molecule has 0 saturated carbocycles. The number of hydrazone groups is 1. The van der Waals surface area contributed by atoms with Gasteiger partial charge in [0.1, 0.15) is 0 Å². The average molecular weight is 443 g/mol. The number of aryl methyl sites for hydroxylation is 2. The maximum Gasteiger partial charge on any atom is 0.250 e. The Morgan fingerprint density at radius 2 is 1.79 bits per heavy atom. The van der Waals surface area contributed by atoms with E-state index >= 15 is 0 Å². The fourth-order valence-corrected chi connectivity index (χ4v) is 4.18. The van der Waals surface area contributed by atoms with Crippen molar-refractivity contribution in [3.8, 4) is 0 Å². The van der Waals surface area contributed by atoms with E-state index < -0.39 is 0 Å². The summed E-state index contributed by atoms with van der Waals surface area (Å²) in [6, 6.07) is 17.4. The molecule has 1 heterocycles. The number of carbonyl (C=O) groups excluding carboxylic acids is 1. The van der Waals surface area contributed by atoms with E-state index in [2.05, 4.69) is 20.5 Å². The SMILES string of the molecule is Cc1cc(C)nc(SCC(=O)N/N=C/c2ccccc2Sc2ccc(Cl)cc2)n1. The number of amides is 1. The van der Waals surface area contributed by atoms with Crippen LogP contribution in [0, 0.1) is 13.8 Å². The van der Waals surface area contributed by atoms with Crippen LogP contribution in [-0.4, -0.2) is 27.8 Å². The van der Waals surface area contributed by atoms with Crippen LogP contribution in [0.3, 0.4) is 0 Å². The van der Waals surface area contributed by atoms with Crippen LogP contribution in [0.15, 0.2) is 74.6 Å². The molecule has 0 radical (unpaired) electrons. The Morgan fingerprint density at radius 1 is 1.10 bits per heavy atom. The zero-order valence-corrected chi connectivity index (χ0v) is 18.3. The van der Waals surface area contributed by atoms with Crippen molar-refractivity contribution in [1.82, 2.24) is 15.4 Å². The lowest BCUT2D eigenvalue weighted by Gasteiger charge is -2.06. The number of aromatic nitrogens is 2. The first-order valence-corrected chi connectivity index (χ1v) is 11.0. The van der Waals surface area contributed by atoms with Crippen molar-refractivity contribution in [2.75, 3.05) is 5.75 Å². The molecule has 1 amide bonds. The van der Waals surface area contributed by atoms with Gasteiger partial charge in [-0.25, -0.2) is 15.4 Å². The minimum atomic E-state index is -0.211. The Kier molecular flexibility index (Phi) is 7.69. The summed E-state index contributed by atoms with van der Waals surface area (Å²) in [5.74, 6) is -0.0154. The summed E-state index contributed by atoms with van der Waals surface area (Å²) < 4.78 is 0. The van der Waals surface area contributed by atoms with Gasteiger partial charge in [0, 0.05) is 31.8 Å². The van der Waals surface area contributed by atoms with E-state index in [9.17, 15) is 4.79 Å². The van der Waals surface area contributed by atoms with Crippen molar-refractivity contribution in [3.63, 3.8) is 0 Å².